The lowest BCUT2D eigenvalue weighted by Gasteiger charge is -2.18. The van der Waals surface area contributed by atoms with Gasteiger partial charge in [0, 0.05) is 19.3 Å². The molecule has 1 unspecified atom stereocenters. The summed E-state index contributed by atoms with van der Waals surface area (Å²) in [4.78, 5) is 38.2. The Bertz CT molecular complexity index is 1240. The fraction of sp³-hybridized carbons (Fsp3) is 0.901. The molecule has 77 heavy (non-hydrogen) atoms. The lowest BCUT2D eigenvalue weighted by molar-refractivity contribution is -0.167. The summed E-state index contributed by atoms with van der Waals surface area (Å²) in [5, 5.41) is 0. The van der Waals surface area contributed by atoms with Crippen molar-refractivity contribution >= 4 is 17.9 Å². The molecular formula is C71H134O6. The highest BCUT2D eigenvalue weighted by Crippen LogP contribution is 2.19. The van der Waals surface area contributed by atoms with Crippen LogP contribution < -0.4 is 0 Å². The van der Waals surface area contributed by atoms with Gasteiger partial charge in [0.1, 0.15) is 13.2 Å². The van der Waals surface area contributed by atoms with Gasteiger partial charge in [0.05, 0.1) is 0 Å². The molecule has 454 valence electrons. The Kier molecular flexibility index (Phi) is 64.6. The van der Waals surface area contributed by atoms with Gasteiger partial charge in [0.15, 0.2) is 6.10 Å². The molecule has 0 heterocycles. The highest BCUT2D eigenvalue weighted by Gasteiger charge is 2.19. The molecule has 0 saturated carbocycles. The molecule has 0 N–H and O–H groups in total. The highest BCUT2D eigenvalue weighted by molar-refractivity contribution is 5.71. The van der Waals surface area contributed by atoms with Crippen molar-refractivity contribution in [3.8, 4) is 0 Å². The first-order valence-electron chi connectivity index (χ1n) is 34.8. The van der Waals surface area contributed by atoms with Gasteiger partial charge < -0.3 is 14.2 Å². The summed E-state index contributed by atoms with van der Waals surface area (Å²) in [6, 6.07) is 0. The van der Waals surface area contributed by atoms with Gasteiger partial charge in [-0.2, -0.15) is 0 Å². The lowest BCUT2D eigenvalue weighted by atomic mass is 10.0. The molecule has 0 aromatic carbocycles. The minimum atomic E-state index is -0.774. The molecule has 6 nitrogen and oxygen atoms in total. The van der Waals surface area contributed by atoms with Crippen molar-refractivity contribution in [2.45, 2.75) is 399 Å². The van der Waals surface area contributed by atoms with Gasteiger partial charge in [0.25, 0.3) is 0 Å². The molecule has 0 saturated heterocycles. The Balaban J connectivity index is 4.03. The van der Waals surface area contributed by atoms with Crippen LogP contribution in [0.1, 0.15) is 393 Å². The van der Waals surface area contributed by atoms with E-state index in [2.05, 4.69) is 45.1 Å². The zero-order valence-electron chi connectivity index (χ0n) is 52.3. The summed E-state index contributed by atoms with van der Waals surface area (Å²) in [5.41, 5.74) is 0. The van der Waals surface area contributed by atoms with E-state index in [9.17, 15) is 14.4 Å². The third-order valence-electron chi connectivity index (χ3n) is 16.0. The van der Waals surface area contributed by atoms with E-state index in [1.54, 1.807) is 0 Å². The fourth-order valence-electron chi connectivity index (χ4n) is 10.7. The third-order valence-corrected chi connectivity index (χ3v) is 16.0. The summed E-state index contributed by atoms with van der Waals surface area (Å²) >= 11 is 0. The minimum absolute atomic E-state index is 0.0713. The fourth-order valence-corrected chi connectivity index (χ4v) is 10.7. The van der Waals surface area contributed by atoms with Crippen LogP contribution in [0.2, 0.25) is 0 Å². The number of rotatable bonds is 65. The first-order chi connectivity index (χ1) is 38.0. The van der Waals surface area contributed by atoms with Crippen LogP contribution in [-0.4, -0.2) is 37.2 Å². The van der Waals surface area contributed by atoms with Gasteiger partial charge in [-0.1, -0.05) is 347 Å². The van der Waals surface area contributed by atoms with E-state index in [1.165, 1.54) is 276 Å². The first kappa shape index (κ1) is 74.9. The Labute approximate surface area is 481 Å². The average molecular weight is 1080 g/mol. The molecule has 0 aromatic heterocycles. The van der Waals surface area contributed by atoms with Crippen LogP contribution in [0.4, 0.5) is 0 Å². The normalized spacial score (nSPS) is 12.1. The number of esters is 3. The second-order valence-corrected chi connectivity index (χ2v) is 23.8. The molecule has 0 amide bonds. The molecule has 0 fully saturated rings. The summed E-state index contributed by atoms with van der Waals surface area (Å²) in [5.74, 6) is -0.860. The second kappa shape index (κ2) is 66.4. The van der Waals surface area contributed by atoms with E-state index in [-0.39, 0.29) is 31.1 Å². The molecule has 1 atom stereocenters. The van der Waals surface area contributed by atoms with E-state index in [1.807, 2.05) is 0 Å². The van der Waals surface area contributed by atoms with Gasteiger partial charge in [-0.05, 0) is 51.4 Å². The molecule has 0 spiro atoms. The van der Waals surface area contributed by atoms with Crippen LogP contribution in [-0.2, 0) is 28.6 Å². The Morgan fingerprint density at radius 1 is 0.260 bits per heavy atom. The molecule has 0 aliphatic heterocycles. The Morgan fingerprint density at radius 2 is 0.468 bits per heavy atom. The van der Waals surface area contributed by atoms with Crippen LogP contribution in [0.5, 0.6) is 0 Å². The number of carbonyl (C=O) groups is 3. The lowest BCUT2D eigenvalue weighted by Crippen LogP contribution is -2.30. The van der Waals surface area contributed by atoms with E-state index in [4.69, 9.17) is 14.2 Å². The van der Waals surface area contributed by atoms with Crippen molar-refractivity contribution in [3.05, 3.63) is 24.3 Å². The van der Waals surface area contributed by atoms with E-state index >= 15 is 0 Å². The van der Waals surface area contributed by atoms with Gasteiger partial charge in [-0.15, -0.1) is 0 Å². The zero-order valence-corrected chi connectivity index (χ0v) is 52.3. The van der Waals surface area contributed by atoms with Crippen molar-refractivity contribution in [1.82, 2.24) is 0 Å². The maximum atomic E-state index is 12.9. The molecule has 0 rings (SSSR count). The number of carbonyl (C=O) groups excluding carboxylic acids is 3. The molecule has 0 radical (unpaired) electrons. The maximum absolute atomic E-state index is 12.9. The average Bonchev–Trinajstić information content (AvgIpc) is 3.43. The standard InChI is InChI=1S/C71H134O6/c1-4-7-10-13-16-19-22-24-26-27-28-29-30-31-32-33-34-35-36-37-38-39-40-41-42-43-45-46-49-52-55-58-61-64-70(73)76-67-68(66-75-69(72)63-60-57-54-51-48-21-18-15-12-9-6-3)77-71(74)65-62-59-56-53-50-47-44-25-23-20-17-14-11-8-5-2/h17,20,25,44,68H,4-16,18-19,21-24,26-43,45-67H2,1-3H3/b20-17-,44-25-. The number of hydrogen-bond donors (Lipinski definition) is 0. The van der Waals surface area contributed by atoms with Gasteiger partial charge >= 0.3 is 17.9 Å². The van der Waals surface area contributed by atoms with Crippen molar-refractivity contribution in [3.63, 3.8) is 0 Å². The van der Waals surface area contributed by atoms with Crippen LogP contribution in [0.3, 0.4) is 0 Å². The van der Waals surface area contributed by atoms with Crippen LogP contribution in [0, 0.1) is 0 Å². The van der Waals surface area contributed by atoms with E-state index in [0.29, 0.717) is 19.3 Å². The maximum Gasteiger partial charge on any atom is 0.306 e. The number of hydrogen-bond acceptors (Lipinski definition) is 6. The largest absolute Gasteiger partial charge is 0.462 e. The molecule has 0 aliphatic carbocycles. The van der Waals surface area contributed by atoms with Crippen LogP contribution in [0.15, 0.2) is 24.3 Å². The van der Waals surface area contributed by atoms with Gasteiger partial charge in [0.2, 0.25) is 0 Å². The summed E-state index contributed by atoms with van der Waals surface area (Å²) < 4.78 is 16.9. The van der Waals surface area contributed by atoms with Crippen LogP contribution >= 0.6 is 0 Å². The first-order valence-corrected chi connectivity index (χ1v) is 34.8. The highest BCUT2D eigenvalue weighted by atomic mass is 16.6. The van der Waals surface area contributed by atoms with Gasteiger partial charge in [-0.25, -0.2) is 0 Å². The van der Waals surface area contributed by atoms with Crippen LogP contribution in [0.25, 0.3) is 0 Å². The van der Waals surface area contributed by atoms with Gasteiger partial charge in [-0.3, -0.25) is 14.4 Å². The smallest absolute Gasteiger partial charge is 0.306 e. The topological polar surface area (TPSA) is 78.9 Å². The molecule has 0 aliphatic rings. The summed E-state index contributed by atoms with van der Waals surface area (Å²) in [7, 11) is 0. The summed E-state index contributed by atoms with van der Waals surface area (Å²) in [6.45, 7) is 6.66. The zero-order chi connectivity index (χ0) is 55.7. The van der Waals surface area contributed by atoms with Crippen molar-refractivity contribution in [1.29, 1.82) is 0 Å². The Morgan fingerprint density at radius 3 is 0.740 bits per heavy atom. The Hall–Kier alpha value is -2.11. The second-order valence-electron chi connectivity index (χ2n) is 23.8. The van der Waals surface area contributed by atoms with E-state index < -0.39 is 6.10 Å². The van der Waals surface area contributed by atoms with Crippen molar-refractivity contribution < 1.29 is 28.6 Å². The van der Waals surface area contributed by atoms with E-state index in [0.717, 1.165) is 77.0 Å². The predicted molar refractivity (Wildman–Crippen MR) is 335 cm³/mol. The molecule has 0 bridgehead atoms. The predicted octanol–water partition coefficient (Wildman–Crippen LogP) is 23.8. The molecular weight excluding hydrogens is 949 g/mol. The minimum Gasteiger partial charge on any atom is -0.462 e. The summed E-state index contributed by atoms with van der Waals surface area (Å²) in [6.07, 6.45) is 80.9. The third kappa shape index (κ3) is 64.6. The molecule has 0 aromatic rings. The number of ether oxygens (including phenoxy) is 3. The molecule has 6 heteroatoms. The monoisotopic (exact) mass is 1080 g/mol. The number of unbranched alkanes of at least 4 members (excludes halogenated alkanes) is 50. The number of allylic oxidation sites excluding steroid dienone is 4. The van der Waals surface area contributed by atoms with Crippen molar-refractivity contribution in [2.75, 3.05) is 13.2 Å². The SMILES string of the molecule is CCCCC/C=C\C/C=C\CCCCCCCC(=O)OC(COC(=O)CCCCCCCCCCCCC)COC(=O)CCCCCCCCCCCCCCCCCCCCCCCCCCCCCCCCCCC. The quantitative estimate of drug-likeness (QED) is 0.0261. The van der Waals surface area contributed by atoms with Crippen molar-refractivity contribution in [2.24, 2.45) is 0 Å².